The van der Waals surface area contributed by atoms with Gasteiger partial charge in [0.15, 0.2) is 0 Å². The molecule has 13 heavy (non-hydrogen) atoms. The van der Waals surface area contributed by atoms with E-state index in [2.05, 4.69) is 17.6 Å². The Hall–Kier alpha value is -0.0800. The maximum atomic E-state index is 3.54. The van der Waals surface area contributed by atoms with Gasteiger partial charge in [0, 0.05) is 6.04 Å². The maximum absolute atomic E-state index is 3.54. The third-order valence-corrected chi connectivity index (χ3v) is 3.57. The highest BCUT2D eigenvalue weighted by Crippen LogP contribution is 2.26. The molecule has 0 amide bonds. The van der Waals surface area contributed by atoms with E-state index in [0.29, 0.717) is 0 Å². The van der Waals surface area contributed by atoms with Crippen molar-refractivity contribution < 1.29 is 0 Å². The standard InChI is InChI=1S/C11H22N2/c1-9-6-11(8-13-9)7-10-2-4-12-5-3-10/h9-13H,2-8H2,1H3. The number of hydrogen-bond donors (Lipinski definition) is 2. The summed E-state index contributed by atoms with van der Waals surface area (Å²) in [5.41, 5.74) is 0. The van der Waals surface area contributed by atoms with Gasteiger partial charge in [-0.3, -0.25) is 0 Å². The Balaban J connectivity index is 1.71. The second-order valence-electron chi connectivity index (χ2n) is 4.84. The second kappa shape index (κ2) is 4.43. The Bertz CT molecular complexity index is 149. The number of piperidine rings is 1. The zero-order valence-electron chi connectivity index (χ0n) is 8.68. The van der Waals surface area contributed by atoms with Crippen LogP contribution in [-0.2, 0) is 0 Å². The summed E-state index contributed by atoms with van der Waals surface area (Å²) in [6.07, 6.45) is 5.69. The normalized spacial score (nSPS) is 36.7. The van der Waals surface area contributed by atoms with Crippen molar-refractivity contribution >= 4 is 0 Å². The summed E-state index contributed by atoms with van der Waals surface area (Å²) >= 11 is 0. The van der Waals surface area contributed by atoms with Gasteiger partial charge < -0.3 is 10.6 Å². The molecule has 76 valence electrons. The van der Waals surface area contributed by atoms with Crippen LogP contribution in [0, 0.1) is 11.8 Å². The van der Waals surface area contributed by atoms with Crippen molar-refractivity contribution in [1.29, 1.82) is 0 Å². The van der Waals surface area contributed by atoms with Crippen LogP contribution in [0.2, 0.25) is 0 Å². The number of nitrogens with one attached hydrogen (secondary N) is 2. The van der Waals surface area contributed by atoms with Gasteiger partial charge in [-0.1, -0.05) is 0 Å². The fourth-order valence-corrected chi connectivity index (χ4v) is 2.80. The molecule has 2 nitrogen and oxygen atoms in total. The van der Waals surface area contributed by atoms with Crippen molar-refractivity contribution in [3.8, 4) is 0 Å². The molecule has 0 aromatic heterocycles. The third kappa shape index (κ3) is 2.68. The highest BCUT2D eigenvalue weighted by molar-refractivity contribution is 4.81. The summed E-state index contributed by atoms with van der Waals surface area (Å²) in [5, 5.41) is 6.98. The van der Waals surface area contributed by atoms with Crippen LogP contribution in [0.4, 0.5) is 0 Å². The monoisotopic (exact) mass is 182 g/mol. The minimum atomic E-state index is 0.770. The first-order chi connectivity index (χ1) is 6.34. The van der Waals surface area contributed by atoms with Gasteiger partial charge in [-0.2, -0.15) is 0 Å². The van der Waals surface area contributed by atoms with Gasteiger partial charge in [-0.25, -0.2) is 0 Å². The predicted octanol–water partition coefficient (Wildman–Crippen LogP) is 1.37. The average molecular weight is 182 g/mol. The maximum Gasteiger partial charge on any atom is 0.00419 e. The van der Waals surface area contributed by atoms with Crippen LogP contribution < -0.4 is 10.6 Å². The van der Waals surface area contributed by atoms with Crippen molar-refractivity contribution in [3.63, 3.8) is 0 Å². The Kier molecular flexibility index (Phi) is 3.23. The molecule has 0 spiro atoms. The van der Waals surface area contributed by atoms with E-state index in [0.717, 1.165) is 17.9 Å². The highest BCUT2D eigenvalue weighted by Gasteiger charge is 2.24. The lowest BCUT2D eigenvalue weighted by Gasteiger charge is -2.24. The van der Waals surface area contributed by atoms with Crippen LogP contribution in [0.25, 0.3) is 0 Å². The van der Waals surface area contributed by atoms with Gasteiger partial charge in [-0.15, -0.1) is 0 Å². The lowest BCUT2D eigenvalue weighted by atomic mass is 9.87. The Labute approximate surface area is 81.5 Å². The molecule has 2 saturated heterocycles. The van der Waals surface area contributed by atoms with Gasteiger partial charge >= 0.3 is 0 Å². The lowest BCUT2D eigenvalue weighted by molar-refractivity contribution is 0.306. The largest absolute Gasteiger partial charge is 0.317 e. The Morgan fingerprint density at radius 1 is 1.15 bits per heavy atom. The summed E-state index contributed by atoms with van der Waals surface area (Å²) in [5.74, 6) is 1.98. The first-order valence-corrected chi connectivity index (χ1v) is 5.78. The molecule has 0 bridgehead atoms. The zero-order valence-corrected chi connectivity index (χ0v) is 8.68. The van der Waals surface area contributed by atoms with E-state index in [9.17, 15) is 0 Å². The predicted molar refractivity (Wildman–Crippen MR) is 55.8 cm³/mol. The van der Waals surface area contributed by atoms with E-state index in [1.165, 1.54) is 45.3 Å². The van der Waals surface area contributed by atoms with Gasteiger partial charge in [0.25, 0.3) is 0 Å². The molecule has 2 unspecified atom stereocenters. The average Bonchev–Trinajstić information content (AvgIpc) is 2.53. The summed E-state index contributed by atoms with van der Waals surface area (Å²) in [6, 6.07) is 0.770. The fourth-order valence-electron chi connectivity index (χ4n) is 2.80. The molecule has 2 heterocycles. The molecule has 2 heteroatoms. The van der Waals surface area contributed by atoms with Gasteiger partial charge in [0.05, 0.1) is 0 Å². The van der Waals surface area contributed by atoms with Crippen molar-refractivity contribution in [2.24, 2.45) is 11.8 Å². The van der Waals surface area contributed by atoms with E-state index in [4.69, 9.17) is 0 Å². The zero-order chi connectivity index (χ0) is 9.10. The van der Waals surface area contributed by atoms with Gasteiger partial charge in [0.2, 0.25) is 0 Å². The Morgan fingerprint density at radius 2 is 1.92 bits per heavy atom. The minimum absolute atomic E-state index is 0.770. The summed E-state index contributed by atoms with van der Waals surface area (Å²) in [6.45, 7) is 6.08. The van der Waals surface area contributed by atoms with Crippen LogP contribution in [-0.4, -0.2) is 25.7 Å². The quantitative estimate of drug-likeness (QED) is 0.674. The van der Waals surface area contributed by atoms with E-state index in [1.54, 1.807) is 0 Å². The molecule has 2 aliphatic heterocycles. The van der Waals surface area contributed by atoms with Crippen molar-refractivity contribution in [2.75, 3.05) is 19.6 Å². The minimum Gasteiger partial charge on any atom is -0.317 e. The molecule has 2 N–H and O–H groups in total. The highest BCUT2D eigenvalue weighted by atomic mass is 14.9. The molecule has 0 radical (unpaired) electrons. The molecule has 0 aromatic rings. The van der Waals surface area contributed by atoms with E-state index in [-0.39, 0.29) is 0 Å². The molecule has 2 aliphatic rings. The van der Waals surface area contributed by atoms with Crippen molar-refractivity contribution in [1.82, 2.24) is 10.6 Å². The van der Waals surface area contributed by atoms with Crippen LogP contribution in [0.15, 0.2) is 0 Å². The van der Waals surface area contributed by atoms with E-state index in [1.807, 2.05) is 0 Å². The molecule has 2 atom stereocenters. The van der Waals surface area contributed by atoms with E-state index < -0.39 is 0 Å². The SMILES string of the molecule is CC1CC(CC2CCNCC2)CN1. The molecule has 2 fully saturated rings. The molecule has 2 rings (SSSR count). The van der Waals surface area contributed by atoms with Crippen LogP contribution in [0.1, 0.15) is 32.6 Å². The second-order valence-corrected chi connectivity index (χ2v) is 4.84. The van der Waals surface area contributed by atoms with Gasteiger partial charge in [0.1, 0.15) is 0 Å². The smallest absolute Gasteiger partial charge is 0.00419 e. The summed E-state index contributed by atoms with van der Waals surface area (Å²) in [7, 11) is 0. The fraction of sp³-hybridized carbons (Fsp3) is 1.00. The van der Waals surface area contributed by atoms with Gasteiger partial charge in [-0.05, 0) is 64.1 Å². The first kappa shape index (κ1) is 9.47. The van der Waals surface area contributed by atoms with Crippen molar-refractivity contribution in [3.05, 3.63) is 0 Å². The number of rotatable bonds is 2. The van der Waals surface area contributed by atoms with Crippen LogP contribution in [0.3, 0.4) is 0 Å². The molecule has 0 aromatic carbocycles. The molecule has 0 saturated carbocycles. The lowest BCUT2D eigenvalue weighted by Crippen LogP contribution is -2.29. The van der Waals surface area contributed by atoms with Crippen LogP contribution in [0.5, 0.6) is 0 Å². The summed E-state index contributed by atoms with van der Waals surface area (Å²) in [4.78, 5) is 0. The summed E-state index contributed by atoms with van der Waals surface area (Å²) < 4.78 is 0. The Morgan fingerprint density at radius 3 is 2.54 bits per heavy atom. The van der Waals surface area contributed by atoms with E-state index >= 15 is 0 Å². The number of hydrogen-bond acceptors (Lipinski definition) is 2. The molecular formula is C11H22N2. The third-order valence-electron chi connectivity index (χ3n) is 3.57. The first-order valence-electron chi connectivity index (χ1n) is 5.78. The van der Waals surface area contributed by atoms with Crippen molar-refractivity contribution in [2.45, 2.75) is 38.6 Å². The molecular weight excluding hydrogens is 160 g/mol. The van der Waals surface area contributed by atoms with Crippen LogP contribution >= 0.6 is 0 Å². The topological polar surface area (TPSA) is 24.1 Å². The molecule has 0 aliphatic carbocycles.